The first kappa shape index (κ1) is 11.0. The Hall–Kier alpha value is -2.52. The minimum Gasteiger partial charge on any atom is -0.306 e. The largest absolute Gasteiger partial charge is 0.306 e. The first-order valence-electron chi connectivity index (χ1n) is 5.16. The molecular formula is C12H11N5. The van der Waals surface area contributed by atoms with E-state index in [9.17, 15) is 0 Å². The number of imidazole rings is 1. The fourth-order valence-electron chi connectivity index (χ4n) is 1.44. The minimum absolute atomic E-state index is 0.375. The number of benzene rings is 1. The highest BCUT2D eigenvalue weighted by atomic mass is 15.1. The quantitative estimate of drug-likeness (QED) is 0.447. The fourth-order valence-corrected chi connectivity index (χ4v) is 1.44. The molecule has 0 amide bonds. The molecule has 0 aliphatic heterocycles. The Morgan fingerprint density at radius 3 is 2.82 bits per heavy atom. The molecule has 0 bridgehead atoms. The van der Waals surface area contributed by atoms with Gasteiger partial charge in [0, 0.05) is 29.5 Å². The average Bonchev–Trinajstić information content (AvgIpc) is 2.89. The SMILES string of the molecule is [N-]=[N+]=NCC=Cc1ccc(-n2ccnc2)cc1. The molecule has 17 heavy (non-hydrogen) atoms. The van der Waals surface area contributed by atoms with Crippen LogP contribution in [0.15, 0.2) is 54.2 Å². The highest BCUT2D eigenvalue weighted by Crippen LogP contribution is 2.10. The van der Waals surface area contributed by atoms with Gasteiger partial charge < -0.3 is 4.57 Å². The number of hydrogen-bond acceptors (Lipinski definition) is 2. The van der Waals surface area contributed by atoms with Gasteiger partial charge in [0.15, 0.2) is 0 Å². The van der Waals surface area contributed by atoms with E-state index in [0.29, 0.717) is 6.54 Å². The fraction of sp³-hybridized carbons (Fsp3) is 0.0833. The van der Waals surface area contributed by atoms with Gasteiger partial charge in [-0.15, -0.1) is 0 Å². The van der Waals surface area contributed by atoms with Crippen molar-refractivity contribution in [1.29, 1.82) is 0 Å². The molecular weight excluding hydrogens is 214 g/mol. The van der Waals surface area contributed by atoms with Crippen LogP contribution in [0, 0.1) is 0 Å². The summed E-state index contributed by atoms with van der Waals surface area (Å²) in [6.45, 7) is 0.375. The van der Waals surface area contributed by atoms with E-state index in [-0.39, 0.29) is 0 Å². The number of aromatic nitrogens is 2. The Labute approximate surface area is 98.7 Å². The van der Waals surface area contributed by atoms with Crippen molar-refractivity contribution in [1.82, 2.24) is 9.55 Å². The zero-order chi connectivity index (χ0) is 11.9. The summed E-state index contributed by atoms with van der Waals surface area (Å²) in [6, 6.07) is 8.02. The molecule has 0 N–H and O–H groups in total. The van der Waals surface area contributed by atoms with Gasteiger partial charge in [0.2, 0.25) is 0 Å². The Morgan fingerprint density at radius 2 is 2.18 bits per heavy atom. The van der Waals surface area contributed by atoms with Gasteiger partial charge in [0.05, 0.1) is 6.33 Å². The summed E-state index contributed by atoms with van der Waals surface area (Å²) in [5.74, 6) is 0. The van der Waals surface area contributed by atoms with Crippen LogP contribution in [0.4, 0.5) is 0 Å². The van der Waals surface area contributed by atoms with E-state index < -0.39 is 0 Å². The van der Waals surface area contributed by atoms with E-state index in [4.69, 9.17) is 5.53 Å². The van der Waals surface area contributed by atoms with Crippen molar-refractivity contribution in [2.75, 3.05) is 6.54 Å². The van der Waals surface area contributed by atoms with E-state index in [0.717, 1.165) is 11.3 Å². The average molecular weight is 225 g/mol. The molecule has 5 nitrogen and oxygen atoms in total. The number of hydrogen-bond donors (Lipinski definition) is 0. The van der Waals surface area contributed by atoms with Crippen molar-refractivity contribution < 1.29 is 0 Å². The molecule has 84 valence electrons. The van der Waals surface area contributed by atoms with Gasteiger partial charge in [-0.2, -0.15) is 0 Å². The highest BCUT2D eigenvalue weighted by Gasteiger charge is 1.93. The lowest BCUT2D eigenvalue weighted by molar-refractivity contribution is 1.06. The second kappa shape index (κ2) is 5.53. The Balaban J connectivity index is 2.08. The molecule has 0 spiro atoms. The standard InChI is InChI=1S/C12H11N5/c13-16-15-7-1-2-11-3-5-12(6-4-11)17-9-8-14-10-17/h1-6,8-10H,7H2. The molecule has 2 rings (SSSR count). The Kier molecular flexibility index (Phi) is 3.57. The molecule has 1 heterocycles. The smallest absolute Gasteiger partial charge is 0.0991 e. The van der Waals surface area contributed by atoms with Crippen LogP contribution in [0.25, 0.3) is 22.2 Å². The normalized spacial score (nSPS) is 10.4. The highest BCUT2D eigenvalue weighted by molar-refractivity contribution is 5.51. The third-order valence-electron chi connectivity index (χ3n) is 2.26. The van der Waals surface area contributed by atoms with Crippen molar-refractivity contribution in [3.63, 3.8) is 0 Å². The van der Waals surface area contributed by atoms with Crippen molar-refractivity contribution in [3.8, 4) is 5.69 Å². The van der Waals surface area contributed by atoms with Crippen LogP contribution < -0.4 is 0 Å². The molecule has 0 unspecified atom stereocenters. The van der Waals surface area contributed by atoms with Gasteiger partial charge in [-0.1, -0.05) is 29.4 Å². The van der Waals surface area contributed by atoms with Crippen LogP contribution in [0.2, 0.25) is 0 Å². The number of azide groups is 1. The molecule has 1 aromatic heterocycles. The molecule has 0 atom stereocenters. The molecule has 0 fully saturated rings. The Morgan fingerprint density at radius 1 is 1.35 bits per heavy atom. The monoisotopic (exact) mass is 225 g/mol. The lowest BCUT2D eigenvalue weighted by Crippen LogP contribution is -1.88. The summed E-state index contributed by atoms with van der Waals surface area (Å²) >= 11 is 0. The maximum Gasteiger partial charge on any atom is 0.0991 e. The van der Waals surface area contributed by atoms with E-state index >= 15 is 0 Å². The van der Waals surface area contributed by atoms with Crippen molar-refractivity contribution >= 4 is 6.08 Å². The van der Waals surface area contributed by atoms with Crippen LogP contribution in [0.1, 0.15) is 5.56 Å². The predicted octanol–water partition coefficient (Wildman–Crippen LogP) is 3.20. The molecule has 0 saturated heterocycles. The summed E-state index contributed by atoms with van der Waals surface area (Å²) in [4.78, 5) is 6.67. The first-order chi connectivity index (χ1) is 8.40. The second-order valence-corrected chi connectivity index (χ2v) is 3.38. The first-order valence-corrected chi connectivity index (χ1v) is 5.16. The summed E-state index contributed by atoms with van der Waals surface area (Å²) < 4.78 is 1.94. The summed E-state index contributed by atoms with van der Waals surface area (Å²) in [5.41, 5.74) is 10.3. The van der Waals surface area contributed by atoms with Gasteiger partial charge >= 0.3 is 0 Å². The summed E-state index contributed by atoms with van der Waals surface area (Å²) in [6.07, 6.45) is 9.14. The zero-order valence-electron chi connectivity index (χ0n) is 9.14. The van der Waals surface area contributed by atoms with Gasteiger partial charge in [0.1, 0.15) is 0 Å². The van der Waals surface area contributed by atoms with E-state index in [1.807, 2.05) is 47.2 Å². The molecule has 5 heteroatoms. The zero-order valence-corrected chi connectivity index (χ0v) is 9.14. The van der Waals surface area contributed by atoms with Gasteiger partial charge in [-0.25, -0.2) is 4.98 Å². The number of rotatable bonds is 4. The van der Waals surface area contributed by atoms with Crippen LogP contribution in [-0.2, 0) is 0 Å². The van der Waals surface area contributed by atoms with E-state index in [2.05, 4.69) is 15.0 Å². The van der Waals surface area contributed by atoms with Crippen molar-refractivity contribution in [2.45, 2.75) is 0 Å². The van der Waals surface area contributed by atoms with E-state index in [1.165, 1.54) is 0 Å². The molecule has 1 aromatic carbocycles. The van der Waals surface area contributed by atoms with Gasteiger partial charge in [0.25, 0.3) is 0 Å². The molecule has 0 aliphatic carbocycles. The number of nitrogens with zero attached hydrogens (tertiary/aromatic N) is 5. The van der Waals surface area contributed by atoms with Crippen molar-refractivity contribution in [3.05, 3.63) is 65.1 Å². The lowest BCUT2D eigenvalue weighted by Gasteiger charge is -2.01. The predicted molar refractivity (Wildman–Crippen MR) is 66.6 cm³/mol. The maximum atomic E-state index is 8.12. The topological polar surface area (TPSA) is 66.6 Å². The van der Waals surface area contributed by atoms with Crippen LogP contribution in [-0.4, -0.2) is 16.1 Å². The third kappa shape index (κ3) is 2.96. The lowest BCUT2D eigenvalue weighted by atomic mass is 10.2. The van der Waals surface area contributed by atoms with Gasteiger partial charge in [-0.05, 0) is 23.2 Å². The summed E-state index contributed by atoms with van der Waals surface area (Å²) in [7, 11) is 0. The minimum atomic E-state index is 0.375. The second-order valence-electron chi connectivity index (χ2n) is 3.38. The summed E-state index contributed by atoms with van der Waals surface area (Å²) in [5, 5.41) is 3.43. The molecule has 0 radical (unpaired) electrons. The molecule has 2 aromatic rings. The van der Waals surface area contributed by atoms with E-state index in [1.54, 1.807) is 12.5 Å². The van der Waals surface area contributed by atoms with Crippen LogP contribution in [0.5, 0.6) is 0 Å². The van der Waals surface area contributed by atoms with Gasteiger partial charge in [-0.3, -0.25) is 0 Å². The molecule has 0 saturated carbocycles. The third-order valence-corrected chi connectivity index (χ3v) is 2.26. The Bertz CT molecular complexity index is 533. The molecule has 0 aliphatic rings. The van der Waals surface area contributed by atoms with Crippen LogP contribution in [0.3, 0.4) is 0 Å². The van der Waals surface area contributed by atoms with Crippen molar-refractivity contribution in [2.24, 2.45) is 5.11 Å². The maximum absolute atomic E-state index is 8.12. The van der Waals surface area contributed by atoms with Crippen LogP contribution >= 0.6 is 0 Å².